The van der Waals surface area contributed by atoms with Gasteiger partial charge in [-0.05, 0) is 36.4 Å². The van der Waals surface area contributed by atoms with Crippen LogP contribution in [0.1, 0.15) is 12.5 Å². The van der Waals surface area contributed by atoms with Crippen LogP contribution < -0.4 is 5.19 Å². The minimum atomic E-state index is -2.33. The normalized spacial score (nSPS) is 14.0. The SMILES string of the molecule is CCO[Si](C)(OCc1ccncc1)c1ccccc1. The van der Waals surface area contributed by atoms with Gasteiger partial charge in [-0.15, -0.1) is 0 Å². The van der Waals surface area contributed by atoms with Crippen LogP contribution in [0.3, 0.4) is 0 Å². The molecule has 0 N–H and O–H groups in total. The Morgan fingerprint density at radius 1 is 1.00 bits per heavy atom. The summed E-state index contributed by atoms with van der Waals surface area (Å²) in [7, 11) is -2.33. The Balaban J connectivity index is 2.12. The fourth-order valence-corrected chi connectivity index (χ4v) is 4.13. The molecule has 1 unspecified atom stereocenters. The highest BCUT2D eigenvalue weighted by Gasteiger charge is 2.33. The number of aromatic nitrogens is 1. The summed E-state index contributed by atoms with van der Waals surface area (Å²) in [6.07, 6.45) is 3.56. The van der Waals surface area contributed by atoms with E-state index < -0.39 is 8.56 Å². The van der Waals surface area contributed by atoms with Gasteiger partial charge in [-0.1, -0.05) is 30.3 Å². The second kappa shape index (κ2) is 6.61. The molecule has 1 atom stereocenters. The second-order valence-corrected chi connectivity index (χ2v) is 7.43. The molecule has 2 aromatic rings. The molecule has 0 fully saturated rings. The van der Waals surface area contributed by atoms with Gasteiger partial charge in [-0.3, -0.25) is 4.98 Å². The van der Waals surface area contributed by atoms with Gasteiger partial charge in [0.25, 0.3) is 0 Å². The first-order valence-electron chi connectivity index (χ1n) is 6.47. The summed E-state index contributed by atoms with van der Waals surface area (Å²) in [6.45, 7) is 5.31. The van der Waals surface area contributed by atoms with Gasteiger partial charge >= 0.3 is 8.56 Å². The smallest absolute Gasteiger partial charge is 0.369 e. The van der Waals surface area contributed by atoms with E-state index in [1.165, 1.54) is 0 Å². The maximum atomic E-state index is 6.13. The maximum absolute atomic E-state index is 6.13. The molecule has 0 saturated carbocycles. The fourth-order valence-electron chi connectivity index (χ4n) is 1.92. The summed E-state index contributed by atoms with van der Waals surface area (Å²) in [5, 5.41) is 1.16. The minimum absolute atomic E-state index is 0.556. The molecule has 2 rings (SSSR count). The van der Waals surface area contributed by atoms with Crippen molar-refractivity contribution in [1.82, 2.24) is 4.98 Å². The number of pyridine rings is 1. The molecule has 1 heterocycles. The highest BCUT2D eigenvalue weighted by Crippen LogP contribution is 2.11. The van der Waals surface area contributed by atoms with Crippen LogP contribution in [-0.4, -0.2) is 20.2 Å². The topological polar surface area (TPSA) is 31.4 Å². The van der Waals surface area contributed by atoms with Gasteiger partial charge in [0.05, 0.1) is 6.61 Å². The molecule has 0 radical (unpaired) electrons. The number of rotatable bonds is 6. The lowest BCUT2D eigenvalue weighted by atomic mass is 10.3. The van der Waals surface area contributed by atoms with Crippen molar-refractivity contribution < 1.29 is 8.85 Å². The molecule has 0 bridgehead atoms. The van der Waals surface area contributed by atoms with Crippen molar-refractivity contribution in [2.75, 3.05) is 6.61 Å². The molecule has 0 amide bonds. The standard InChI is InChI=1S/C15H19NO2Si/c1-3-17-19(2,15-7-5-4-6-8-15)18-13-14-9-11-16-12-10-14/h4-12H,3,13H2,1-2H3. The lowest BCUT2D eigenvalue weighted by molar-refractivity contribution is 0.185. The lowest BCUT2D eigenvalue weighted by Gasteiger charge is -2.26. The number of benzene rings is 1. The Morgan fingerprint density at radius 2 is 1.68 bits per heavy atom. The molecule has 19 heavy (non-hydrogen) atoms. The first kappa shape index (κ1) is 13.9. The van der Waals surface area contributed by atoms with E-state index in [4.69, 9.17) is 8.85 Å². The zero-order valence-electron chi connectivity index (χ0n) is 11.4. The van der Waals surface area contributed by atoms with Crippen molar-refractivity contribution in [3.63, 3.8) is 0 Å². The first-order valence-corrected chi connectivity index (χ1v) is 8.78. The summed E-state index contributed by atoms with van der Waals surface area (Å²) < 4.78 is 12.1. The van der Waals surface area contributed by atoms with Crippen molar-refractivity contribution in [3.05, 3.63) is 60.4 Å². The molecule has 1 aromatic heterocycles. The van der Waals surface area contributed by atoms with E-state index in [0.29, 0.717) is 13.2 Å². The van der Waals surface area contributed by atoms with Gasteiger partial charge in [0, 0.05) is 19.0 Å². The monoisotopic (exact) mass is 273 g/mol. The highest BCUT2D eigenvalue weighted by molar-refractivity contribution is 6.79. The van der Waals surface area contributed by atoms with Crippen molar-refractivity contribution >= 4 is 13.7 Å². The van der Waals surface area contributed by atoms with E-state index >= 15 is 0 Å². The maximum Gasteiger partial charge on any atom is 0.369 e. The molecule has 0 aliphatic rings. The van der Waals surface area contributed by atoms with Crippen LogP contribution in [-0.2, 0) is 15.5 Å². The van der Waals surface area contributed by atoms with Crippen molar-refractivity contribution in [1.29, 1.82) is 0 Å². The van der Waals surface area contributed by atoms with E-state index in [1.54, 1.807) is 12.4 Å². The third-order valence-electron chi connectivity index (χ3n) is 2.98. The van der Waals surface area contributed by atoms with E-state index in [1.807, 2.05) is 37.3 Å². The number of nitrogens with zero attached hydrogens (tertiary/aromatic N) is 1. The quantitative estimate of drug-likeness (QED) is 0.758. The molecule has 100 valence electrons. The average Bonchev–Trinajstić information content (AvgIpc) is 2.48. The Labute approximate surface area is 115 Å². The summed E-state index contributed by atoms with van der Waals surface area (Å²) in [6, 6.07) is 14.1. The number of hydrogen-bond acceptors (Lipinski definition) is 3. The van der Waals surface area contributed by atoms with Crippen LogP contribution in [0.4, 0.5) is 0 Å². The third-order valence-corrected chi connectivity index (χ3v) is 5.90. The molecule has 0 saturated heterocycles. The Hall–Kier alpha value is -1.49. The first-order chi connectivity index (χ1) is 9.24. The Kier molecular flexibility index (Phi) is 4.84. The van der Waals surface area contributed by atoms with Crippen LogP contribution in [0.2, 0.25) is 6.55 Å². The zero-order valence-corrected chi connectivity index (χ0v) is 12.4. The molecule has 0 spiro atoms. The van der Waals surface area contributed by atoms with Gasteiger partial charge in [-0.25, -0.2) is 0 Å². The van der Waals surface area contributed by atoms with Crippen molar-refractivity contribution in [2.45, 2.75) is 20.1 Å². The predicted molar refractivity (Wildman–Crippen MR) is 78.3 cm³/mol. The summed E-state index contributed by atoms with van der Waals surface area (Å²) in [5.74, 6) is 0. The second-order valence-electron chi connectivity index (χ2n) is 4.39. The van der Waals surface area contributed by atoms with E-state index in [2.05, 4.69) is 23.7 Å². The summed E-state index contributed by atoms with van der Waals surface area (Å²) in [5.41, 5.74) is 1.12. The van der Waals surface area contributed by atoms with Gasteiger partial charge in [0.1, 0.15) is 0 Å². The van der Waals surface area contributed by atoms with E-state index in [-0.39, 0.29) is 0 Å². The van der Waals surface area contributed by atoms with Crippen LogP contribution in [0.15, 0.2) is 54.9 Å². The fraction of sp³-hybridized carbons (Fsp3) is 0.267. The van der Waals surface area contributed by atoms with Gasteiger partial charge in [0.15, 0.2) is 0 Å². The number of hydrogen-bond donors (Lipinski definition) is 0. The van der Waals surface area contributed by atoms with Crippen molar-refractivity contribution in [2.24, 2.45) is 0 Å². The van der Waals surface area contributed by atoms with E-state index in [9.17, 15) is 0 Å². The average molecular weight is 273 g/mol. The van der Waals surface area contributed by atoms with Crippen molar-refractivity contribution in [3.8, 4) is 0 Å². The van der Waals surface area contributed by atoms with Crippen LogP contribution in [0.5, 0.6) is 0 Å². The largest absolute Gasteiger partial charge is 0.391 e. The highest BCUT2D eigenvalue weighted by atomic mass is 28.4. The Bertz CT molecular complexity index is 492. The Morgan fingerprint density at radius 3 is 2.32 bits per heavy atom. The summed E-state index contributed by atoms with van der Waals surface area (Å²) in [4.78, 5) is 4.01. The van der Waals surface area contributed by atoms with Crippen LogP contribution in [0, 0.1) is 0 Å². The zero-order chi connectivity index (χ0) is 13.6. The molecule has 0 aliphatic carbocycles. The minimum Gasteiger partial charge on any atom is -0.391 e. The molecule has 3 nitrogen and oxygen atoms in total. The molecule has 1 aromatic carbocycles. The lowest BCUT2D eigenvalue weighted by Crippen LogP contribution is -2.50. The molecular formula is C15H19NO2Si. The molecule has 4 heteroatoms. The van der Waals surface area contributed by atoms with Crippen LogP contribution >= 0.6 is 0 Å². The molecule has 0 aliphatic heterocycles. The van der Waals surface area contributed by atoms with Gasteiger partial charge in [-0.2, -0.15) is 0 Å². The summed E-state index contributed by atoms with van der Waals surface area (Å²) >= 11 is 0. The third kappa shape index (κ3) is 3.73. The van der Waals surface area contributed by atoms with Gasteiger partial charge < -0.3 is 8.85 Å². The van der Waals surface area contributed by atoms with Crippen LogP contribution in [0.25, 0.3) is 0 Å². The van der Waals surface area contributed by atoms with E-state index in [0.717, 1.165) is 10.8 Å². The predicted octanol–water partition coefficient (Wildman–Crippen LogP) is 2.61. The van der Waals surface area contributed by atoms with Gasteiger partial charge in [0.2, 0.25) is 0 Å². The molecular weight excluding hydrogens is 254 g/mol.